The minimum atomic E-state index is -4.31. The predicted molar refractivity (Wildman–Crippen MR) is 96.6 cm³/mol. The molecule has 0 aliphatic heterocycles. The molecule has 1 unspecified atom stereocenters. The van der Waals surface area contributed by atoms with Gasteiger partial charge in [0.05, 0.1) is 29.4 Å². The molecule has 0 aromatic carbocycles. The van der Waals surface area contributed by atoms with Gasteiger partial charge < -0.3 is 10.1 Å². The van der Waals surface area contributed by atoms with E-state index in [1.165, 1.54) is 4.90 Å². The Hall–Kier alpha value is -1.71. The van der Waals surface area contributed by atoms with Crippen molar-refractivity contribution in [3.63, 3.8) is 0 Å². The molecule has 3 aliphatic rings. The highest BCUT2D eigenvalue weighted by atomic mass is 19.4. The molecule has 1 heterocycles. The molecule has 1 aromatic rings. The summed E-state index contributed by atoms with van der Waals surface area (Å²) in [5.41, 5.74) is -3.56. The fraction of sp³-hybridized carbons (Fsp3) is 0.684. The van der Waals surface area contributed by atoms with E-state index in [1.807, 2.05) is 0 Å². The minimum Gasteiger partial charge on any atom is -0.356 e. The normalized spacial score (nSPS) is 28.2. The maximum absolute atomic E-state index is 14.3. The SMILES string of the molecule is [B]NC(C(=O)N([C@@H](C)c1ncc(F)cc1F)C(C)(C)C)C12CC(C(F)(F)F)(C1)C2. The van der Waals surface area contributed by atoms with Crippen LogP contribution in [0, 0.1) is 22.5 Å². The van der Waals surface area contributed by atoms with Gasteiger partial charge in [0.15, 0.2) is 7.98 Å². The zero-order valence-corrected chi connectivity index (χ0v) is 16.7. The lowest BCUT2D eigenvalue weighted by molar-refractivity contribution is -0.366. The zero-order chi connectivity index (χ0) is 22.0. The lowest BCUT2D eigenvalue weighted by Crippen LogP contribution is -2.76. The highest BCUT2D eigenvalue weighted by Crippen LogP contribution is 2.79. The number of carbonyl (C=O) groups excluding carboxylic acids is 1. The summed E-state index contributed by atoms with van der Waals surface area (Å²) < 4.78 is 67.1. The summed E-state index contributed by atoms with van der Waals surface area (Å²) in [7, 11) is 5.60. The number of aromatic nitrogens is 1. The molecule has 2 radical (unpaired) electrons. The first kappa shape index (κ1) is 22.0. The summed E-state index contributed by atoms with van der Waals surface area (Å²) in [5.74, 6) is -2.29. The molecule has 2 bridgehead atoms. The molecule has 0 spiro atoms. The number of hydrogen-bond acceptors (Lipinski definition) is 3. The summed E-state index contributed by atoms with van der Waals surface area (Å²) in [4.78, 5) is 18.5. The van der Waals surface area contributed by atoms with Crippen LogP contribution in [0.25, 0.3) is 0 Å². The third kappa shape index (κ3) is 3.33. The second-order valence-electron chi connectivity index (χ2n) is 9.35. The first-order valence-corrected chi connectivity index (χ1v) is 9.34. The van der Waals surface area contributed by atoms with Gasteiger partial charge in [-0.05, 0) is 52.4 Å². The molecule has 158 valence electrons. The van der Waals surface area contributed by atoms with Crippen molar-refractivity contribution >= 4 is 13.9 Å². The van der Waals surface area contributed by atoms with Crippen LogP contribution in [0.15, 0.2) is 12.3 Å². The summed E-state index contributed by atoms with van der Waals surface area (Å²) in [6.07, 6.45) is -3.96. The number of nitrogens with zero attached hydrogens (tertiary/aromatic N) is 2. The van der Waals surface area contributed by atoms with E-state index < -0.39 is 52.2 Å². The van der Waals surface area contributed by atoms with Crippen LogP contribution in [0.4, 0.5) is 22.0 Å². The third-order valence-corrected chi connectivity index (χ3v) is 6.28. The van der Waals surface area contributed by atoms with Gasteiger partial charge in [-0.2, -0.15) is 13.2 Å². The van der Waals surface area contributed by atoms with Crippen molar-refractivity contribution in [1.82, 2.24) is 15.1 Å². The molecule has 0 saturated heterocycles. The highest BCUT2D eigenvalue weighted by Gasteiger charge is 2.80. The smallest absolute Gasteiger partial charge is 0.356 e. The molecule has 3 saturated carbocycles. The fourth-order valence-corrected chi connectivity index (χ4v) is 5.08. The van der Waals surface area contributed by atoms with Crippen molar-refractivity contribution < 1.29 is 26.7 Å². The van der Waals surface area contributed by atoms with Crippen LogP contribution in [0.2, 0.25) is 0 Å². The number of hydrogen-bond donors (Lipinski definition) is 1. The average molecular weight is 415 g/mol. The van der Waals surface area contributed by atoms with E-state index in [-0.39, 0.29) is 25.0 Å². The Morgan fingerprint density at radius 3 is 2.21 bits per heavy atom. The second-order valence-corrected chi connectivity index (χ2v) is 9.35. The second kappa shape index (κ2) is 6.65. The first-order chi connectivity index (χ1) is 13.2. The topological polar surface area (TPSA) is 45.2 Å². The van der Waals surface area contributed by atoms with E-state index in [4.69, 9.17) is 7.98 Å². The predicted octanol–water partition coefficient (Wildman–Crippen LogP) is 3.82. The molecule has 1 N–H and O–H groups in total. The van der Waals surface area contributed by atoms with E-state index in [1.54, 1.807) is 27.7 Å². The zero-order valence-electron chi connectivity index (χ0n) is 16.7. The van der Waals surface area contributed by atoms with E-state index in [0.717, 1.165) is 6.20 Å². The van der Waals surface area contributed by atoms with E-state index in [2.05, 4.69) is 10.2 Å². The Bertz CT molecular complexity index is 803. The van der Waals surface area contributed by atoms with Crippen molar-refractivity contribution in [2.24, 2.45) is 10.8 Å². The van der Waals surface area contributed by atoms with Crippen LogP contribution >= 0.6 is 0 Å². The van der Waals surface area contributed by atoms with Gasteiger partial charge in [-0.1, -0.05) is 0 Å². The largest absolute Gasteiger partial charge is 0.394 e. The van der Waals surface area contributed by atoms with Crippen LogP contribution in [0.5, 0.6) is 0 Å². The van der Waals surface area contributed by atoms with Gasteiger partial charge in [-0.3, -0.25) is 9.78 Å². The van der Waals surface area contributed by atoms with Gasteiger partial charge in [0.25, 0.3) is 0 Å². The van der Waals surface area contributed by atoms with Gasteiger partial charge in [-0.15, -0.1) is 0 Å². The van der Waals surface area contributed by atoms with Crippen molar-refractivity contribution in [2.45, 2.75) is 70.8 Å². The number of amides is 1. The van der Waals surface area contributed by atoms with E-state index in [0.29, 0.717) is 6.07 Å². The summed E-state index contributed by atoms with van der Waals surface area (Å²) >= 11 is 0. The molecular formula is C19H23BF5N3O. The standard InChI is InChI=1S/C19H23BF5N3O/c1-10(13-12(22)5-11(21)6-26-13)28(16(2,3)4)15(29)14(27-20)17-7-18(8-17,9-17)19(23,24)25/h5-6,10,14,27H,7-9H2,1-4H3/t10-,14?,17?,18?/m0/s1. The van der Waals surface area contributed by atoms with Gasteiger partial charge in [0, 0.05) is 11.6 Å². The Morgan fingerprint density at radius 1 is 1.24 bits per heavy atom. The Balaban J connectivity index is 1.89. The number of alkyl halides is 3. The number of carbonyl (C=O) groups is 1. The molecule has 1 aromatic heterocycles. The molecule has 3 fully saturated rings. The molecule has 4 nitrogen and oxygen atoms in total. The van der Waals surface area contributed by atoms with Gasteiger partial charge >= 0.3 is 6.18 Å². The summed E-state index contributed by atoms with van der Waals surface area (Å²) in [6, 6.07) is -1.25. The lowest BCUT2D eigenvalue weighted by Gasteiger charge is -2.73. The molecule has 10 heteroatoms. The quantitative estimate of drug-likeness (QED) is 0.588. The Morgan fingerprint density at radius 2 is 1.79 bits per heavy atom. The maximum Gasteiger partial charge on any atom is 0.394 e. The third-order valence-electron chi connectivity index (χ3n) is 6.28. The summed E-state index contributed by atoms with van der Waals surface area (Å²) in [5, 5.41) is 2.40. The Labute approximate surface area is 167 Å². The molecule has 29 heavy (non-hydrogen) atoms. The van der Waals surface area contributed by atoms with Crippen LogP contribution in [0.3, 0.4) is 0 Å². The highest BCUT2D eigenvalue weighted by molar-refractivity contribution is 6.07. The van der Waals surface area contributed by atoms with Crippen molar-refractivity contribution in [2.75, 3.05) is 0 Å². The van der Waals surface area contributed by atoms with Gasteiger partial charge in [0.1, 0.15) is 11.6 Å². The minimum absolute atomic E-state index is 0.130. The molecule has 2 atom stereocenters. The fourth-order valence-electron chi connectivity index (χ4n) is 5.08. The monoisotopic (exact) mass is 415 g/mol. The van der Waals surface area contributed by atoms with Crippen LogP contribution in [-0.2, 0) is 4.79 Å². The summed E-state index contributed by atoms with van der Waals surface area (Å²) in [6.45, 7) is 6.69. The lowest BCUT2D eigenvalue weighted by atomic mass is 9.32. The van der Waals surface area contributed by atoms with Gasteiger partial charge in [-0.25, -0.2) is 8.78 Å². The van der Waals surface area contributed by atoms with Crippen molar-refractivity contribution in [3.05, 3.63) is 29.6 Å². The van der Waals surface area contributed by atoms with Crippen molar-refractivity contribution in [3.8, 4) is 0 Å². The van der Waals surface area contributed by atoms with E-state index in [9.17, 15) is 26.7 Å². The maximum atomic E-state index is 14.3. The number of pyridine rings is 1. The Kier molecular flexibility index (Phi) is 5.04. The number of nitrogens with one attached hydrogen (secondary N) is 1. The van der Waals surface area contributed by atoms with Crippen LogP contribution < -0.4 is 5.23 Å². The van der Waals surface area contributed by atoms with Crippen LogP contribution in [0.1, 0.15) is 58.7 Å². The average Bonchev–Trinajstić information content (AvgIpc) is 2.45. The first-order valence-electron chi connectivity index (χ1n) is 9.34. The van der Waals surface area contributed by atoms with Crippen molar-refractivity contribution in [1.29, 1.82) is 0 Å². The number of rotatable bonds is 5. The molecule has 3 aliphatic carbocycles. The van der Waals surface area contributed by atoms with E-state index >= 15 is 0 Å². The molecular weight excluding hydrogens is 392 g/mol. The van der Waals surface area contributed by atoms with Gasteiger partial charge in [0.2, 0.25) is 5.91 Å². The molecule has 4 rings (SSSR count). The number of halogens is 5. The van der Waals surface area contributed by atoms with Crippen LogP contribution in [-0.4, -0.2) is 41.5 Å². The molecule has 1 amide bonds.